The van der Waals surface area contributed by atoms with E-state index in [0.717, 1.165) is 18.4 Å². The summed E-state index contributed by atoms with van der Waals surface area (Å²) in [6.07, 6.45) is 2.94. The third kappa shape index (κ3) is 6.92. The quantitative estimate of drug-likeness (QED) is 0.687. The van der Waals surface area contributed by atoms with Gasteiger partial charge in [0.25, 0.3) is 0 Å². The Kier molecular flexibility index (Phi) is 6.82. The number of carbonyl (C=O) groups excluding carboxylic acids is 3. The lowest BCUT2D eigenvalue weighted by Gasteiger charge is -2.30. The number of nitrogens with one attached hydrogen (secondary N) is 2. The number of nitrogens with two attached hydrogens (primary N) is 1. The van der Waals surface area contributed by atoms with E-state index in [1.165, 1.54) is 0 Å². The van der Waals surface area contributed by atoms with Crippen LogP contribution < -0.4 is 16.4 Å². The molecule has 2 rings (SSSR count). The summed E-state index contributed by atoms with van der Waals surface area (Å²) in [4.78, 5) is 35.2. The van der Waals surface area contributed by atoms with E-state index in [0.29, 0.717) is 24.9 Å². The average Bonchev–Trinajstić information content (AvgIpc) is 2.59. The molecule has 0 unspecified atom stereocenters. The molecule has 7 nitrogen and oxygen atoms in total. The van der Waals surface area contributed by atoms with Gasteiger partial charge in [-0.15, -0.1) is 0 Å². The van der Waals surface area contributed by atoms with Crippen molar-refractivity contribution in [2.45, 2.75) is 64.6 Å². The predicted octanol–water partition coefficient (Wildman–Crippen LogP) is 2.49. The summed E-state index contributed by atoms with van der Waals surface area (Å²) >= 11 is 0. The topological polar surface area (TPSA) is 111 Å². The number of hydrogen-bond donors (Lipinski definition) is 3. The van der Waals surface area contributed by atoms with Gasteiger partial charge in [-0.25, -0.2) is 4.79 Å². The predicted molar refractivity (Wildman–Crippen MR) is 102 cm³/mol. The molecule has 27 heavy (non-hydrogen) atoms. The van der Waals surface area contributed by atoms with Gasteiger partial charge in [-0.3, -0.25) is 9.59 Å². The molecule has 1 saturated carbocycles. The number of amides is 3. The Morgan fingerprint density at radius 3 is 2.19 bits per heavy atom. The van der Waals surface area contributed by atoms with E-state index in [1.807, 2.05) is 20.8 Å². The molecule has 1 aliphatic carbocycles. The highest BCUT2D eigenvalue weighted by Crippen LogP contribution is 2.27. The highest BCUT2D eigenvalue weighted by molar-refractivity contribution is 5.92. The van der Waals surface area contributed by atoms with Crippen molar-refractivity contribution in [1.29, 1.82) is 0 Å². The van der Waals surface area contributed by atoms with E-state index in [-0.39, 0.29) is 24.0 Å². The fraction of sp³-hybridized carbons (Fsp3) is 0.550. The molecule has 4 N–H and O–H groups in total. The van der Waals surface area contributed by atoms with Gasteiger partial charge in [0, 0.05) is 18.2 Å². The first-order chi connectivity index (χ1) is 12.6. The van der Waals surface area contributed by atoms with Crippen molar-refractivity contribution in [3.8, 4) is 0 Å². The lowest BCUT2D eigenvalue weighted by Crippen LogP contribution is -2.44. The molecule has 0 aliphatic heterocycles. The largest absolute Gasteiger partial charge is 0.460 e. The first kappa shape index (κ1) is 20.7. The first-order valence-corrected chi connectivity index (χ1v) is 9.30. The average molecular weight is 375 g/mol. The van der Waals surface area contributed by atoms with Crippen LogP contribution in [0.15, 0.2) is 24.3 Å². The summed E-state index contributed by atoms with van der Waals surface area (Å²) in [6.45, 7) is 5.95. The van der Waals surface area contributed by atoms with Crippen molar-refractivity contribution in [2.24, 2.45) is 11.7 Å². The number of benzene rings is 1. The second-order valence-electron chi connectivity index (χ2n) is 7.97. The summed E-state index contributed by atoms with van der Waals surface area (Å²) < 4.78 is 5.44. The van der Waals surface area contributed by atoms with E-state index in [4.69, 9.17) is 10.5 Å². The van der Waals surface area contributed by atoms with Crippen LogP contribution in [0, 0.1) is 5.92 Å². The highest BCUT2D eigenvalue weighted by atomic mass is 16.6. The third-order valence-corrected chi connectivity index (χ3v) is 4.49. The Morgan fingerprint density at radius 1 is 1.07 bits per heavy atom. The van der Waals surface area contributed by atoms with E-state index in [1.54, 1.807) is 24.3 Å². The van der Waals surface area contributed by atoms with Gasteiger partial charge in [0.15, 0.2) is 0 Å². The van der Waals surface area contributed by atoms with Crippen LogP contribution >= 0.6 is 0 Å². The molecule has 0 heterocycles. The minimum Gasteiger partial charge on any atom is -0.460 e. The second-order valence-corrected chi connectivity index (χ2v) is 7.97. The fourth-order valence-electron chi connectivity index (χ4n) is 3.06. The molecule has 1 aromatic carbocycles. The van der Waals surface area contributed by atoms with Gasteiger partial charge in [-0.05, 0) is 64.2 Å². The van der Waals surface area contributed by atoms with Gasteiger partial charge >= 0.3 is 12.0 Å². The maximum atomic E-state index is 12.1. The summed E-state index contributed by atoms with van der Waals surface area (Å²) in [5, 5.41) is 5.75. The molecule has 0 aromatic heterocycles. The van der Waals surface area contributed by atoms with Crippen LogP contribution in [0.5, 0.6) is 0 Å². The van der Waals surface area contributed by atoms with Gasteiger partial charge < -0.3 is 21.1 Å². The van der Waals surface area contributed by atoms with Crippen LogP contribution in [0.3, 0.4) is 0 Å². The maximum absolute atomic E-state index is 12.1. The molecule has 0 radical (unpaired) electrons. The monoisotopic (exact) mass is 375 g/mol. The lowest BCUT2D eigenvalue weighted by atomic mass is 9.86. The van der Waals surface area contributed by atoms with E-state index in [2.05, 4.69) is 10.6 Å². The van der Waals surface area contributed by atoms with Crippen LogP contribution in [0.2, 0.25) is 0 Å². The van der Waals surface area contributed by atoms with Gasteiger partial charge in [0.2, 0.25) is 5.91 Å². The van der Waals surface area contributed by atoms with Crippen molar-refractivity contribution in [3.05, 3.63) is 35.4 Å². The fourth-order valence-corrected chi connectivity index (χ4v) is 3.06. The molecule has 1 fully saturated rings. The van der Waals surface area contributed by atoms with Gasteiger partial charge in [0.1, 0.15) is 5.60 Å². The van der Waals surface area contributed by atoms with Crippen LogP contribution in [0.1, 0.15) is 62.4 Å². The normalized spacial score (nSPS) is 19.8. The SMILES string of the molecule is CC(C)(C)OC(=O)C1CCC(NC(=O)NCc2ccc(C(N)=O)cc2)CC1. The van der Waals surface area contributed by atoms with Gasteiger partial charge in [0.05, 0.1) is 5.92 Å². The highest BCUT2D eigenvalue weighted by Gasteiger charge is 2.30. The van der Waals surface area contributed by atoms with Crippen LogP contribution in [0.4, 0.5) is 4.79 Å². The Bertz CT molecular complexity index is 671. The van der Waals surface area contributed by atoms with Gasteiger partial charge in [-0.2, -0.15) is 0 Å². The first-order valence-electron chi connectivity index (χ1n) is 9.30. The van der Waals surface area contributed by atoms with E-state index < -0.39 is 11.5 Å². The molecular formula is C20H29N3O4. The molecule has 1 aliphatic rings. The van der Waals surface area contributed by atoms with Crippen molar-refractivity contribution >= 4 is 17.9 Å². The zero-order valence-electron chi connectivity index (χ0n) is 16.2. The van der Waals surface area contributed by atoms with Crippen LogP contribution in [-0.4, -0.2) is 29.6 Å². The number of urea groups is 1. The summed E-state index contributed by atoms with van der Waals surface area (Å²) in [5.41, 5.74) is 6.04. The third-order valence-electron chi connectivity index (χ3n) is 4.49. The Labute approximate surface area is 160 Å². The minimum atomic E-state index is -0.478. The standard InChI is InChI=1S/C20H29N3O4/c1-20(2,3)27-18(25)15-8-10-16(11-9-15)23-19(26)22-12-13-4-6-14(7-5-13)17(21)24/h4-7,15-16H,8-12H2,1-3H3,(H2,21,24)(H2,22,23,26). The number of esters is 1. The van der Waals surface area contributed by atoms with Crippen LogP contribution in [0.25, 0.3) is 0 Å². The molecule has 0 spiro atoms. The zero-order valence-corrected chi connectivity index (χ0v) is 16.2. The smallest absolute Gasteiger partial charge is 0.315 e. The summed E-state index contributed by atoms with van der Waals surface area (Å²) in [5.74, 6) is -0.715. The van der Waals surface area contributed by atoms with Crippen LogP contribution in [-0.2, 0) is 16.1 Å². The molecule has 7 heteroatoms. The summed E-state index contributed by atoms with van der Waals surface area (Å²) in [7, 11) is 0. The second kappa shape index (κ2) is 8.88. The molecule has 148 valence electrons. The number of hydrogen-bond acceptors (Lipinski definition) is 4. The Morgan fingerprint density at radius 2 is 1.67 bits per heavy atom. The number of carbonyl (C=O) groups is 3. The Hall–Kier alpha value is -2.57. The molecule has 1 aromatic rings. The number of rotatable bonds is 5. The Balaban J connectivity index is 1.71. The lowest BCUT2D eigenvalue weighted by molar-refractivity contribution is -0.161. The maximum Gasteiger partial charge on any atom is 0.315 e. The van der Waals surface area contributed by atoms with Crippen molar-refractivity contribution < 1.29 is 19.1 Å². The van der Waals surface area contributed by atoms with Crippen molar-refractivity contribution in [3.63, 3.8) is 0 Å². The molecular weight excluding hydrogens is 346 g/mol. The molecule has 0 saturated heterocycles. The van der Waals surface area contributed by atoms with Crippen molar-refractivity contribution in [2.75, 3.05) is 0 Å². The number of primary amides is 1. The molecule has 3 amide bonds. The molecule has 0 bridgehead atoms. The minimum absolute atomic E-state index is 0.0564. The summed E-state index contributed by atoms with van der Waals surface area (Å²) in [6, 6.07) is 6.60. The van der Waals surface area contributed by atoms with E-state index >= 15 is 0 Å². The van der Waals surface area contributed by atoms with Gasteiger partial charge in [-0.1, -0.05) is 12.1 Å². The number of ether oxygens (including phenoxy) is 1. The zero-order chi connectivity index (χ0) is 20.0. The van der Waals surface area contributed by atoms with Crippen molar-refractivity contribution in [1.82, 2.24) is 10.6 Å². The van der Waals surface area contributed by atoms with E-state index in [9.17, 15) is 14.4 Å². The molecule has 0 atom stereocenters.